The van der Waals surface area contributed by atoms with E-state index < -0.39 is 10.1 Å². The summed E-state index contributed by atoms with van der Waals surface area (Å²) in [6.45, 7) is 2.25. The molecule has 0 heterocycles. The first-order valence-corrected chi connectivity index (χ1v) is 10.1. The van der Waals surface area contributed by atoms with Crippen LogP contribution < -0.4 is 0 Å². The third-order valence-corrected chi connectivity index (χ3v) is 4.56. The molecule has 5 heteroatoms. The van der Waals surface area contributed by atoms with Crippen molar-refractivity contribution in [1.82, 2.24) is 0 Å². The third kappa shape index (κ3) is 23.1. The van der Waals surface area contributed by atoms with Crippen LogP contribution in [0, 0.1) is 0 Å². The van der Waals surface area contributed by atoms with Crippen LogP contribution in [-0.2, 0) is 32.5 Å². The monoisotopic (exact) mass is 413 g/mol. The maximum Gasteiger partial charge on any atom is 0.264 e. The third-order valence-electron chi connectivity index (χ3n) is 3.76. The van der Waals surface area contributed by atoms with E-state index in [-0.39, 0.29) is 28.1 Å². The van der Waals surface area contributed by atoms with E-state index in [9.17, 15) is 8.42 Å². The van der Waals surface area contributed by atoms with Gasteiger partial charge in [-0.25, -0.2) is 0 Å². The van der Waals surface area contributed by atoms with Gasteiger partial charge in [-0.15, -0.1) is 0 Å². The molecule has 0 unspecified atom stereocenters. The first-order chi connectivity index (χ1) is 9.56. The average Bonchev–Trinajstić information content (AvgIpc) is 2.38. The van der Waals surface area contributed by atoms with Gasteiger partial charge in [-0.2, -0.15) is 8.42 Å². The Hall–Kier alpha value is 0.650. The fourth-order valence-electron chi connectivity index (χ4n) is 2.48. The van der Waals surface area contributed by atoms with Crippen LogP contribution in [-0.4, -0.2) is 18.7 Å². The maximum atomic E-state index is 10.5. The van der Waals surface area contributed by atoms with Gasteiger partial charge in [0.05, 0.1) is 5.75 Å². The second kappa shape index (κ2) is 17.0. The molecule has 0 spiro atoms. The van der Waals surface area contributed by atoms with E-state index >= 15 is 0 Å². The Bertz CT molecular complexity index is 292. The van der Waals surface area contributed by atoms with E-state index in [1.54, 1.807) is 0 Å². The number of hydrogen-bond donors (Lipinski definition) is 1. The molecule has 21 heavy (non-hydrogen) atoms. The molecular weight excluding hydrogens is 380 g/mol. The van der Waals surface area contributed by atoms with Crippen LogP contribution in [0.5, 0.6) is 0 Å². The Balaban J connectivity index is 0. The van der Waals surface area contributed by atoms with Gasteiger partial charge in [0.15, 0.2) is 0 Å². The van der Waals surface area contributed by atoms with Gasteiger partial charge in [0.25, 0.3) is 10.1 Å². The van der Waals surface area contributed by atoms with Gasteiger partial charge < -0.3 is 0 Å². The van der Waals surface area contributed by atoms with E-state index in [1.807, 2.05) is 0 Å². The fraction of sp³-hybridized carbons (Fsp3) is 1.00. The molecular formula is C16H34AgO3S. The second-order valence-corrected chi connectivity index (χ2v) is 7.45. The molecule has 0 aromatic rings. The number of rotatable bonds is 15. The first kappa shape index (κ1) is 23.9. The van der Waals surface area contributed by atoms with Crippen molar-refractivity contribution in [2.45, 2.75) is 96.8 Å². The quantitative estimate of drug-likeness (QED) is 0.223. The maximum absolute atomic E-state index is 10.5. The molecule has 0 saturated heterocycles. The minimum absolute atomic E-state index is 0. The summed E-state index contributed by atoms with van der Waals surface area (Å²) in [6, 6.07) is 0. The zero-order chi connectivity index (χ0) is 15.1. The summed E-state index contributed by atoms with van der Waals surface area (Å²) in [4.78, 5) is 0. The summed E-state index contributed by atoms with van der Waals surface area (Å²) in [5.41, 5.74) is 0. The van der Waals surface area contributed by atoms with E-state index in [0.29, 0.717) is 6.42 Å². The number of unbranched alkanes of at least 4 members (excludes halogenated alkanes) is 13. The molecule has 133 valence electrons. The van der Waals surface area contributed by atoms with Crippen molar-refractivity contribution >= 4 is 10.1 Å². The van der Waals surface area contributed by atoms with Crippen LogP contribution in [0.15, 0.2) is 0 Å². The van der Waals surface area contributed by atoms with Gasteiger partial charge >= 0.3 is 0 Å². The second-order valence-electron chi connectivity index (χ2n) is 5.88. The molecule has 0 aromatic carbocycles. The molecule has 0 aliphatic heterocycles. The van der Waals surface area contributed by atoms with Gasteiger partial charge in [0.2, 0.25) is 0 Å². The minimum atomic E-state index is -3.74. The smallest absolute Gasteiger partial charge is 0.264 e. The molecule has 0 atom stereocenters. The van der Waals surface area contributed by atoms with Crippen molar-refractivity contribution in [2.75, 3.05) is 5.75 Å². The van der Waals surface area contributed by atoms with Crippen LogP contribution in [0.25, 0.3) is 0 Å². The predicted octanol–water partition coefficient (Wildman–Crippen LogP) is 5.35. The van der Waals surface area contributed by atoms with Crippen LogP contribution >= 0.6 is 0 Å². The fourth-order valence-corrected chi connectivity index (χ4v) is 3.05. The van der Waals surface area contributed by atoms with Crippen LogP contribution in [0.4, 0.5) is 0 Å². The molecule has 0 saturated carbocycles. The Morgan fingerprint density at radius 1 is 0.619 bits per heavy atom. The van der Waals surface area contributed by atoms with Gasteiger partial charge in [-0.05, 0) is 6.42 Å². The van der Waals surface area contributed by atoms with E-state index in [2.05, 4.69) is 6.92 Å². The molecule has 0 fully saturated rings. The van der Waals surface area contributed by atoms with Gasteiger partial charge in [0, 0.05) is 22.4 Å². The minimum Gasteiger partial charge on any atom is -0.286 e. The van der Waals surface area contributed by atoms with Crippen molar-refractivity contribution in [3.05, 3.63) is 0 Å². The molecule has 1 radical (unpaired) electrons. The average molecular weight is 414 g/mol. The van der Waals surface area contributed by atoms with Crippen molar-refractivity contribution in [2.24, 2.45) is 0 Å². The van der Waals surface area contributed by atoms with Gasteiger partial charge in [0.1, 0.15) is 0 Å². The van der Waals surface area contributed by atoms with Gasteiger partial charge in [-0.3, -0.25) is 4.55 Å². The standard InChI is InChI=1S/C16H34O3S.Ag/c1-2-3-4-5-6-7-8-9-10-11-12-13-14-15-16-20(17,18)19;/h2-16H2,1H3,(H,17,18,19);. The van der Waals surface area contributed by atoms with Crippen molar-refractivity contribution in [3.63, 3.8) is 0 Å². The first-order valence-electron chi connectivity index (χ1n) is 8.51. The molecule has 0 aliphatic carbocycles. The zero-order valence-electron chi connectivity index (χ0n) is 13.6. The molecule has 0 aromatic heterocycles. The predicted molar refractivity (Wildman–Crippen MR) is 86.7 cm³/mol. The SMILES string of the molecule is CCCCCCCCCCCCCCCCS(=O)(=O)O.[Ag]. The molecule has 3 nitrogen and oxygen atoms in total. The molecule has 0 amide bonds. The van der Waals surface area contributed by atoms with E-state index in [4.69, 9.17) is 4.55 Å². The normalized spacial score (nSPS) is 11.3. The summed E-state index contributed by atoms with van der Waals surface area (Å²) in [6.07, 6.45) is 17.4. The summed E-state index contributed by atoms with van der Waals surface area (Å²) < 4.78 is 29.6. The van der Waals surface area contributed by atoms with Crippen molar-refractivity contribution < 1.29 is 35.4 Å². The largest absolute Gasteiger partial charge is 0.286 e. The summed E-state index contributed by atoms with van der Waals surface area (Å²) in [5.74, 6) is -0.0783. The molecule has 1 N–H and O–H groups in total. The summed E-state index contributed by atoms with van der Waals surface area (Å²) in [7, 11) is -3.74. The summed E-state index contributed by atoms with van der Waals surface area (Å²) >= 11 is 0. The Kier molecular flexibility index (Phi) is 19.4. The Labute approximate surface area is 147 Å². The molecule has 0 rings (SSSR count). The molecule has 0 aliphatic rings. The molecule has 0 bridgehead atoms. The number of hydrogen-bond acceptors (Lipinski definition) is 2. The van der Waals surface area contributed by atoms with Crippen molar-refractivity contribution in [1.29, 1.82) is 0 Å². The Morgan fingerprint density at radius 2 is 0.905 bits per heavy atom. The Morgan fingerprint density at radius 3 is 1.19 bits per heavy atom. The van der Waals surface area contributed by atoms with E-state index in [1.165, 1.54) is 70.6 Å². The van der Waals surface area contributed by atoms with Crippen LogP contribution in [0.3, 0.4) is 0 Å². The topological polar surface area (TPSA) is 54.4 Å². The zero-order valence-corrected chi connectivity index (χ0v) is 15.9. The van der Waals surface area contributed by atoms with Gasteiger partial charge in [-0.1, -0.05) is 90.4 Å². The van der Waals surface area contributed by atoms with E-state index in [0.717, 1.165) is 12.8 Å². The summed E-state index contributed by atoms with van der Waals surface area (Å²) in [5, 5.41) is 0. The van der Waals surface area contributed by atoms with Crippen molar-refractivity contribution in [3.8, 4) is 0 Å². The van der Waals surface area contributed by atoms with Crippen LogP contribution in [0.2, 0.25) is 0 Å². The van der Waals surface area contributed by atoms with Crippen LogP contribution in [0.1, 0.15) is 96.8 Å².